The van der Waals surface area contributed by atoms with Crippen molar-refractivity contribution in [3.63, 3.8) is 0 Å². The second-order valence-corrected chi connectivity index (χ2v) is 4.33. The number of hydrogen-bond donors (Lipinski definition) is 1. The zero-order valence-electron chi connectivity index (χ0n) is 12.1. The summed E-state index contributed by atoms with van der Waals surface area (Å²) in [6.07, 6.45) is 12.9. The Bertz CT molecular complexity index is 154. The van der Waals surface area contributed by atoms with Crippen molar-refractivity contribution >= 4 is 5.97 Å². The SMILES string of the molecule is CCCCCCCCCCCCC(=O)O.[H-].[Li+]. The van der Waals surface area contributed by atoms with Gasteiger partial charge in [-0.2, -0.15) is 0 Å². The molecule has 16 heavy (non-hydrogen) atoms. The molecule has 0 spiro atoms. The maximum Gasteiger partial charge on any atom is 1.00 e. The number of carboxylic acids is 1. The van der Waals surface area contributed by atoms with Crippen molar-refractivity contribution in [1.82, 2.24) is 0 Å². The first-order valence-corrected chi connectivity index (χ1v) is 6.49. The Morgan fingerprint density at radius 1 is 0.875 bits per heavy atom. The van der Waals surface area contributed by atoms with Gasteiger partial charge in [0.25, 0.3) is 0 Å². The van der Waals surface area contributed by atoms with Crippen molar-refractivity contribution in [1.29, 1.82) is 0 Å². The van der Waals surface area contributed by atoms with Gasteiger partial charge >= 0.3 is 24.8 Å². The van der Waals surface area contributed by atoms with Gasteiger partial charge in [-0.05, 0) is 6.42 Å². The molecule has 0 aromatic heterocycles. The molecule has 0 aliphatic heterocycles. The number of carboxylic acid groups (broad SMARTS) is 1. The standard InChI is InChI=1S/C13H26O2.Li.H/c1-2-3-4-5-6-7-8-9-10-11-12-13(14)15;;/h2-12H2,1H3,(H,14,15);;/q;+1;-1. The van der Waals surface area contributed by atoms with E-state index in [1.807, 2.05) is 0 Å². The fourth-order valence-electron chi connectivity index (χ4n) is 1.76. The minimum Gasteiger partial charge on any atom is -1.00 e. The van der Waals surface area contributed by atoms with E-state index in [1.54, 1.807) is 0 Å². The van der Waals surface area contributed by atoms with Gasteiger partial charge in [-0.3, -0.25) is 4.79 Å². The predicted octanol–water partition coefficient (Wildman–Crippen LogP) is 1.50. The number of hydrogen-bond acceptors (Lipinski definition) is 1. The average molecular weight is 222 g/mol. The van der Waals surface area contributed by atoms with Crippen LogP contribution in [-0.2, 0) is 4.79 Å². The van der Waals surface area contributed by atoms with Gasteiger partial charge in [0.05, 0.1) is 0 Å². The summed E-state index contributed by atoms with van der Waals surface area (Å²) in [5, 5.41) is 8.44. The Morgan fingerprint density at radius 2 is 1.25 bits per heavy atom. The van der Waals surface area contributed by atoms with Crippen LogP contribution in [0.15, 0.2) is 0 Å². The molecule has 0 aliphatic carbocycles. The van der Waals surface area contributed by atoms with Crippen molar-refractivity contribution in [3.8, 4) is 0 Å². The van der Waals surface area contributed by atoms with Crippen molar-refractivity contribution in [2.75, 3.05) is 0 Å². The Morgan fingerprint density at radius 3 is 1.62 bits per heavy atom. The van der Waals surface area contributed by atoms with Gasteiger partial charge in [-0.15, -0.1) is 0 Å². The quantitative estimate of drug-likeness (QED) is 0.425. The third-order valence-corrected chi connectivity index (χ3v) is 2.74. The summed E-state index contributed by atoms with van der Waals surface area (Å²) in [5.41, 5.74) is 0. The van der Waals surface area contributed by atoms with Crippen LogP contribution in [0.2, 0.25) is 0 Å². The molecular formula is C13H27LiO2. The third kappa shape index (κ3) is 16.5. The van der Waals surface area contributed by atoms with Crippen LogP contribution in [-0.4, -0.2) is 11.1 Å². The summed E-state index contributed by atoms with van der Waals surface area (Å²) in [5.74, 6) is -0.658. The summed E-state index contributed by atoms with van der Waals surface area (Å²) >= 11 is 0. The summed E-state index contributed by atoms with van der Waals surface area (Å²) in [6, 6.07) is 0. The minimum atomic E-state index is -0.658. The van der Waals surface area contributed by atoms with E-state index in [1.165, 1.54) is 51.4 Å². The van der Waals surface area contributed by atoms with Crippen LogP contribution in [0.5, 0.6) is 0 Å². The molecule has 0 bridgehead atoms. The molecule has 0 heterocycles. The van der Waals surface area contributed by atoms with E-state index in [4.69, 9.17) is 5.11 Å². The maximum atomic E-state index is 10.2. The minimum absolute atomic E-state index is 0. The zero-order valence-corrected chi connectivity index (χ0v) is 11.1. The third-order valence-electron chi connectivity index (χ3n) is 2.74. The van der Waals surface area contributed by atoms with Crippen molar-refractivity contribution < 1.29 is 30.2 Å². The molecule has 0 aromatic carbocycles. The topological polar surface area (TPSA) is 37.3 Å². The molecule has 0 aromatic rings. The second kappa shape index (κ2) is 15.1. The van der Waals surface area contributed by atoms with Gasteiger partial charge < -0.3 is 6.53 Å². The molecule has 2 nitrogen and oxygen atoms in total. The van der Waals surface area contributed by atoms with Crippen LogP contribution < -0.4 is 18.9 Å². The van der Waals surface area contributed by atoms with Crippen LogP contribution in [0.3, 0.4) is 0 Å². The van der Waals surface area contributed by atoms with Gasteiger partial charge in [0.15, 0.2) is 0 Å². The molecule has 92 valence electrons. The molecule has 0 radical (unpaired) electrons. The van der Waals surface area contributed by atoms with Crippen molar-refractivity contribution in [2.24, 2.45) is 0 Å². The molecule has 0 atom stereocenters. The normalized spacial score (nSPS) is 9.81. The van der Waals surface area contributed by atoms with Crippen LogP contribution in [0, 0.1) is 0 Å². The average Bonchev–Trinajstić information content (AvgIpc) is 2.20. The monoisotopic (exact) mass is 222 g/mol. The second-order valence-electron chi connectivity index (χ2n) is 4.33. The fourth-order valence-corrected chi connectivity index (χ4v) is 1.76. The fraction of sp³-hybridized carbons (Fsp3) is 0.923. The van der Waals surface area contributed by atoms with Gasteiger partial charge in [-0.25, -0.2) is 0 Å². The molecule has 0 amide bonds. The maximum absolute atomic E-state index is 10.2. The van der Waals surface area contributed by atoms with Crippen molar-refractivity contribution in [2.45, 2.75) is 77.6 Å². The molecule has 0 fully saturated rings. The predicted molar refractivity (Wildman–Crippen MR) is 65.2 cm³/mol. The first-order valence-electron chi connectivity index (χ1n) is 6.49. The largest absolute Gasteiger partial charge is 1.00 e. The summed E-state index contributed by atoms with van der Waals surface area (Å²) in [7, 11) is 0. The number of rotatable bonds is 11. The molecule has 1 N–H and O–H groups in total. The van der Waals surface area contributed by atoms with E-state index in [0.29, 0.717) is 6.42 Å². The van der Waals surface area contributed by atoms with Gasteiger partial charge in [0.2, 0.25) is 0 Å². The number of unbranched alkanes of at least 4 members (excludes halogenated alkanes) is 9. The zero-order chi connectivity index (χ0) is 11.4. The molecule has 0 rings (SSSR count). The van der Waals surface area contributed by atoms with Gasteiger partial charge in [0, 0.05) is 6.42 Å². The number of carbonyl (C=O) groups is 1. The van der Waals surface area contributed by atoms with Crippen LogP contribution >= 0.6 is 0 Å². The summed E-state index contributed by atoms with van der Waals surface area (Å²) < 4.78 is 0. The molecule has 3 heteroatoms. The van der Waals surface area contributed by atoms with E-state index in [0.717, 1.165) is 12.8 Å². The first-order chi connectivity index (χ1) is 7.27. The Kier molecular flexibility index (Phi) is 17.4. The van der Waals surface area contributed by atoms with Gasteiger partial charge in [-0.1, -0.05) is 64.7 Å². The van der Waals surface area contributed by atoms with E-state index in [2.05, 4.69) is 6.92 Å². The Hall–Kier alpha value is 0.0674. The van der Waals surface area contributed by atoms with E-state index >= 15 is 0 Å². The number of aliphatic carboxylic acids is 1. The van der Waals surface area contributed by atoms with E-state index < -0.39 is 5.97 Å². The van der Waals surface area contributed by atoms with Gasteiger partial charge in [0.1, 0.15) is 0 Å². The van der Waals surface area contributed by atoms with E-state index in [9.17, 15) is 4.79 Å². The van der Waals surface area contributed by atoms with E-state index in [-0.39, 0.29) is 20.3 Å². The molecule has 0 aliphatic rings. The molecule has 0 unspecified atom stereocenters. The summed E-state index contributed by atoms with van der Waals surface area (Å²) in [4.78, 5) is 10.2. The molecule has 0 saturated carbocycles. The van der Waals surface area contributed by atoms with Crippen LogP contribution in [0.1, 0.15) is 79.0 Å². The smallest absolute Gasteiger partial charge is 1.00 e. The molecular weight excluding hydrogens is 195 g/mol. The van der Waals surface area contributed by atoms with Crippen molar-refractivity contribution in [3.05, 3.63) is 0 Å². The molecule has 0 saturated heterocycles. The first kappa shape index (κ1) is 18.4. The van der Waals surface area contributed by atoms with Crippen LogP contribution in [0.25, 0.3) is 0 Å². The Labute approximate surface area is 114 Å². The van der Waals surface area contributed by atoms with Crippen LogP contribution in [0.4, 0.5) is 0 Å². The Balaban J connectivity index is -0.000000980. The summed E-state index contributed by atoms with van der Waals surface area (Å²) in [6.45, 7) is 2.24.